The number of halogens is 1. The first-order valence-corrected chi connectivity index (χ1v) is 14.7. The maximum Gasteiger partial charge on any atom is 0.257 e. The Morgan fingerprint density at radius 3 is 2.09 bits per heavy atom. The zero-order valence-corrected chi connectivity index (χ0v) is 20.7. The summed E-state index contributed by atoms with van der Waals surface area (Å²) < 4.78 is 67.8. The van der Waals surface area contributed by atoms with Gasteiger partial charge in [-0.25, -0.2) is 21.2 Å². The second-order valence-electron chi connectivity index (χ2n) is 8.85. The van der Waals surface area contributed by atoms with Crippen LogP contribution in [0.5, 0.6) is 5.75 Å². The van der Waals surface area contributed by atoms with Gasteiger partial charge in [-0.3, -0.25) is 4.79 Å². The van der Waals surface area contributed by atoms with Crippen LogP contribution in [-0.4, -0.2) is 72.9 Å². The second kappa shape index (κ2) is 9.18. The van der Waals surface area contributed by atoms with Crippen LogP contribution < -0.4 is 9.64 Å². The van der Waals surface area contributed by atoms with E-state index in [1.165, 1.54) is 30.3 Å². The standard InChI is InChI=1S/C23H27FN2O6S2/c1-33(28,29)17-6-8-22(32-15-16-3-4-16)19(13-17)23(27)26-11-9-25(10-12-26)21-7-5-18(14-20(21)24)34(2,30)31/h5-8,13-14,16H,3-4,9-12,15H2,1-2H3. The van der Waals surface area contributed by atoms with Crippen molar-refractivity contribution in [2.24, 2.45) is 5.92 Å². The molecule has 0 N–H and O–H groups in total. The van der Waals surface area contributed by atoms with Gasteiger partial charge in [-0.05, 0) is 55.2 Å². The zero-order chi connectivity index (χ0) is 24.7. The van der Waals surface area contributed by atoms with Crippen LogP contribution in [0.2, 0.25) is 0 Å². The summed E-state index contributed by atoms with van der Waals surface area (Å²) in [6.45, 7) is 1.74. The molecule has 2 aliphatic rings. The number of sulfone groups is 2. The van der Waals surface area contributed by atoms with Crippen LogP contribution in [-0.2, 0) is 19.7 Å². The van der Waals surface area contributed by atoms with Gasteiger partial charge in [-0.15, -0.1) is 0 Å². The van der Waals surface area contributed by atoms with Crippen molar-refractivity contribution in [1.29, 1.82) is 0 Å². The van der Waals surface area contributed by atoms with E-state index < -0.39 is 25.5 Å². The fourth-order valence-corrected chi connectivity index (χ4v) is 5.10. The minimum Gasteiger partial charge on any atom is -0.492 e. The molecule has 1 saturated heterocycles. The van der Waals surface area contributed by atoms with E-state index >= 15 is 0 Å². The Morgan fingerprint density at radius 2 is 1.53 bits per heavy atom. The smallest absolute Gasteiger partial charge is 0.257 e. The van der Waals surface area contributed by atoms with Gasteiger partial charge in [0.05, 0.1) is 27.6 Å². The molecule has 1 heterocycles. The lowest BCUT2D eigenvalue weighted by molar-refractivity contribution is 0.0741. The van der Waals surface area contributed by atoms with Crippen molar-refractivity contribution in [3.63, 3.8) is 0 Å². The van der Waals surface area contributed by atoms with Crippen molar-refractivity contribution in [2.75, 3.05) is 50.2 Å². The predicted octanol–water partition coefficient (Wildman–Crippen LogP) is 2.38. The highest BCUT2D eigenvalue weighted by molar-refractivity contribution is 7.91. The molecule has 4 rings (SSSR count). The topological polar surface area (TPSA) is 101 Å². The van der Waals surface area contributed by atoms with E-state index in [0.29, 0.717) is 31.4 Å². The number of carbonyl (C=O) groups is 1. The molecule has 1 saturated carbocycles. The molecule has 34 heavy (non-hydrogen) atoms. The molecule has 0 spiro atoms. The van der Waals surface area contributed by atoms with Crippen LogP contribution in [0.1, 0.15) is 23.2 Å². The molecule has 0 unspecified atom stereocenters. The quantitative estimate of drug-likeness (QED) is 0.564. The molecular weight excluding hydrogens is 483 g/mol. The molecule has 1 aliphatic heterocycles. The number of piperazine rings is 1. The lowest BCUT2D eigenvalue weighted by Gasteiger charge is -2.36. The Bertz CT molecular complexity index is 1310. The summed E-state index contributed by atoms with van der Waals surface area (Å²) in [6, 6.07) is 8.13. The van der Waals surface area contributed by atoms with E-state index in [9.17, 15) is 26.0 Å². The summed E-state index contributed by atoms with van der Waals surface area (Å²) in [4.78, 5) is 16.6. The molecule has 2 aromatic rings. The van der Waals surface area contributed by atoms with Crippen LogP contribution in [0.15, 0.2) is 46.2 Å². The highest BCUT2D eigenvalue weighted by Gasteiger charge is 2.28. The summed E-state index contributed by atoms with van der Waals surface area (Å²) in [6.07, 6.45) is 4.26. The molecule has 1 amide bonds. The van der Waals surface area contributed by atoms with Crippen molar-refractivity contribution >= 4 is 31.3 Å². The van der Waals surface area contributed by atoms with Gasteiger partial charge in [-0.2, -0.15) is 0 Å². The fraction of sp³-hybridized carbons (Fsp3) is 0.435. The molecule has 0 radical (unpaired) electrons. The third kappa shape index (κ3) is 5.52. The largest absolute Gasteiger partial charge is 0.492 e. The highest BCUT2D eigenvalue weighted by Crippen LogP contribution is 2.32. The molecule has 0 aromatic heterocycles. The van der Waals surface area contributed by atoms with Crippen molar-refractivity contribution in [3.8, 4) is 5.75 Å². The van der Waals surface area contributed by atoms with Crippen molar-refractivity contribution < 1.29 is 30.8 Å². The number of anilines is 1. The van der Waals surface area contributed by atoms with Crippen molar-refractivity contribution in [3.05, 3.63) is 47.8 Å². The van der Waals surface area contributed by atoms with Gasteiger partial charge in [0.1, 0.15) is 11.6 Å². The summed E-state index contributed by atoms with van der Waals surface area (Å²) >= 11 is 0. The maximum atomic E-state index is 14.6. The third-order valence-electron chi connectivity index (χ3n) is 6.04. The third-order valence-corrected chi connectivity index (χ3v) is 8.26. The van der Waals surface area contributed by atoms with E-state index in [1.54, 1.807) is 9.80 Å². The normalized spacial score (nSPS) is 17.0. The monoisotopic (exact) mass is 510 g/mol. The Balaban J connectivity index is 1.50. The summed E-state index contributed by atoms with van der Waals surface area (Å²) in [5.74, 6) is -0.164. The average molecular weight is 511 g/mol. The molecular formula is C23H27FN2O6S2. The number of amides is 1. The first-order chi connectivity index (χ1) is 15.9. The summed E-state index contributed by atoms with van der Waals surface area (Å²) in [5.41, 5.74) is 0.465. The number of carbonyl (C=O) groups excluding carboxylic acids is 1. The molecule has 8 nitrogen and oxygen atoms in total. The van der Waals surface area contributed by atoms with Crippen molar-refractivity contribution in [2.45, 2.75) is 22.6 Å². The number of hydrogen-bond acceptors (Lipinski definition) is 7. The highest BCUT2D eigenvalue weighted by atomic mass is 32.2. The first-order valence-electron chi connectivity index (χ1n) is 10.9. The number of rotatable bonds is 7. The van der Waals surface area contributed by atoms with Crippen LogP contribution in [0, 0.1) is 11.7 Å². The van der Waals surface area contributed by atoms with E-state index in [2.05, 4.69) is 0 Å². The number of ether oxygens (including phenoxy) is 1. The number of nitrogens with zero attached hydrogens (tertiary/aromatic N) is 2. The first kappa shape index (κ1) is 24.5. The van der Waals surface area contributed by atoms with E-state index in [4.69, 9.17) is 4.74 Å². The van der Waals surface area contributed by atoms with Crippen LogP contribution in [0.3, 0.4) is 0 Å². The minimum absolute atomic E-state index is 0.0429. The second-order valence-corrected chi connectivity index (χ2v) is 12.9. The van der Waals surface area contributed by atoms with Gasteiger partial charge >= 0.3 is 0 Å². The van der Waals surface area contributed by atoms with Gasteiger partial charge in [0.15, 0.2) is 19.7 Å². The average Bonchev–Trinajstić information content (AvgIpc) is 3.60. The fourth-order valence-electron chi connectivity index (χ4n) is 3.82. The molecule has 0 atom stereocenters. The van der Waals surface area contributed by atoms with E-state index in [0.717, 1.165) is 31.4 Å². The van der Waals surface area contributed by atoms with Crippen LogP contribution >= 0.6 is 0 Å². The SMILES string of the molecule is CS(=O)(=O)c1ccc(N2CCN(C(=O)c3cc(S(C)(=O)=O)ccc3OCC3CC3)CC2)c(F)c1. The summed E-state index contributed by atoms with van der Waals surface area (Å²) in [7, 11) is -7.02. The molecule has 184 valence electrons. The molecule has 2 fully saturated rings. The van der Waals surface area contributed by atoms with Gasteiger partial charge in [0, 0.05) is 38.7 Å². The zero-order valence-electron chi connectivity index (χ0n) is 19.0. The van der Waals surface area contributed by atoms with Crippen LogP contribution in [0.25, 0.3) is 0 Å². The van der Waals surface area contributed by atoms with Gasteiger partial charge < -0.3 is 14.5 Å². The lowest BCUT2D eigenvalue weighted by atomic mass is 10.1. The van der Waals surface area contributed by atoms with E-state index in [1.807, 2.05) is 0 Å². The molecule has 2 aromatic carbocycles. The lowest BCUT2D eigenvalue weighted by Crippen LogP contribution is -2.49. The Hall–Kier alpha value is -2.66. The van der Waals surface area contributed by atoms with Gasteiger partial charge in [0.25, 0.3) is 5.91 Å². The molecule has 0 bridgehead atoms. The Kier molecular flexibility index (Phi) is 6.61. The van der Waals surface area contributed by atoms with Gasteiger partial charge in [-0.1, -0.05) is 0 Å². The van der Waals surface area contributed by atoms with Crippen LogP contribution in [0.4, 0.5) is 10.1 Å². The Morgan fingerprint density at radius 1 is 0.941 bits per heavy atom. The molecule has 11 heteroatoms. The molecule has 1 aliphatic carbocycles. The maximum absolute atomic E-state index is 14.6. The predicted molar refractivity (Wildman–Crippen MR) is 125 cm³/mol. The Labute approximate surface area is 199 Å². The minimum atomic E-state index is -3.51. The number of benzene rings is 2. The summed E-state index contributed by atoms with van der Waals surface area (Å²) in [5, 5.41) is 0. The van der Waals surface area contributed by atoms with E-state index in [-0.39, 0.29) is 40.0 Å². The number of hydrogen-bond donors (Lipinski definition) is 0. The van der Waals surface area contributed by atoms with Gasteiger partial charge in [0.2, 0.25) is 0 Å². The van der Waals surface area contributed by atoms with Crippen molar-refractivity contribution in [1.82, 2.24) is 4.90 Å².